The summed E-state index contributed by atoms with van der Waals surface area (Å²) in [5.41, 5.74) is 2.99. The zero-order chi connectivity index (χ0) is 22.3. The van der Waals surface area contributed by atoms with Crippen LogP contribution in [0.25, 0.3) is 0 Å². The monoisotopic (exact) mass is 466 g/mol. The molecule has 0 saturated carbocycles. The first-order chi connectivity index (χ1) is 14.2. The Morgan fingerprint density at radius 2 is 1.70 bits per heavy atom. The predicted octanol–water partition coefficient (Wildman–Crippen LogP) is 5.48. The van der Waals surface area contributed by atoms with Crippen LogP contribution in [0.15, 0.2) is 42.5 Å². The van der Waals surface area contributed by atoms with Gasteiger partial charge >= 0.3 is 0 Å². The van der Waals surface area contributed by atoms with Crippen LogP contribution in [0.3, 0.4) is 0 Å². The summed E-state index contributed by atoms with van der Waals surface area (Å²) in [6.07, 6.45) is 0. The fourth-order valence-corrected chi connectivity index (χ4v) is 4.36. The largest absolute Gasteiger partial charge is 0.352 e. The van der Waals surface area contributed by atoms with Gasteiger partial charge in [-0.2, -0.15) is 0 Å². The van der Waals surface area contributed by atoms with Crippen molar-refractivity contribution >= 4 is 46.8 Å². The van der Waals surface area contributed by atoms with Crippen LogP contribution >= 0.6 is 35.0 Å². The predicted molar refractivity (Wildman–Crippen MR) is 127 cm³/mol. The number of rotatable bonds is 9. The lowest BCUT2D eigenvalue weighted by Gasteiger charge is -2.30. The van der Waals surface area contributed by atoms with Crippen LogP contribution in [-0.2, 0) is 21.9 Å². The van der Waals surface area contributed by atoms with Gasteiger partial charge < -0.3 is 10.2 Å². The van der Waals surface area contributed by atoms with E-state index in [4.69, 9.17) is 23.2 Å². The molecule has 0 aromatic heterocycles. The van der Waals surface area contributed by atoms with E-state index in [0.717, 1.165) is 5.75 Å². The maximum absolute atomic E-state index is 13.1. The molecule has 0 saturated heterocycles. The summed E-state index contributed by atoms with van der Waals surface area (Å²) in [7, 11) is 0. The summed E-state index contributed by atoms with van der Waals surface area (Å²) in [5.74, 6) is 0.649. The summed E-state index contributed by atoms with van der Waals surface area (Å²) in [6, 6.07) is 12.8. The first-order valence-electron chi connectivity index (χ1n) is 9.85. The van der Waals surface area contributed by atoms with Crippen molar-refractivity contribution in [3.05, 3.63) is 69.2 Å². The molecule has 2 aromatic rings. The van der Waals surface area contributed by atoms with E-state index in [0.29, 0.717) is 15.6 Å². The smallest absolute Gasteiger partial charge is 0.242 e. The third kappa shape index (κ3) is 7.22. The number of benzene rings is 2. The minimum atomic E-state index is -0.646. The molecule has 0 fully saturated rings. The number of hydrogen-bond acceptors (Lipinski definition) is 3. The fraction of sp³-hybridized carbons (Fsp3) is 0.391. The Kier molecular flexibility index (Phi) is 9.53. The maximum atomic E-state index is 13.1. The van der Waals surface area contributed by atoms with Crippen LogP contribution in [0.5, 0.6) is 0 Å². The van der Waals surface area contributed by atoms with Crippen molar-refractivity contribution in [1.29, 1.82) is 0 Å². The van der Waals surface area contributed by atoms with E-state index in [2.05, 4.69) is 11.4 Å². The van der Waals surface area contributed by atoms with Gasteiger partial charge in [0.1, 0.15) is 6.04 Å². The Labute approximate surface area is 193 Å². The second-order valence-electron chi connectivity index (χ2n) is 7.54. The lowest BCUT2D eigenvalue weighted by atomic mass is 10.1. The normalized spacial score (nSPS) is 12.0. The highest BCUT2D eigenvalue weighted by Gasteiger charge is 2.27. The van der Waals surface area contributed by atoms with Crippen molar-refractivity contribution in [3.63, 3.8) is 0 Å². The van der Waals surface area contributed by atoms with Gasteiger partial charge in [-0.1, -0.05) is 59.1 Å². The number of halogens is 2. The molecule has 0 heterocycles. The molecule has 0 aliphatic carbocycles. The van der Waals surface area contributed by atoms with Gasteiger partial charge in [0.15, 0.2) is 0 Å². The molecule has 30 heavy (non-hydrogen) atoms. The van der Waals surface area contributed by atoms with Gasteiger partial charge in [0, 0.05) is 33.9 Å². The molecule has 0 spiro atoms. The summed E-state index contributed by atoms with van der Waals surface area (Å²) in [6.45, 7) is 7.73. The number of aryl methyl sites for hydroxylation is 1. The molecule has 0 bridgehead atoms. The van der Waals surface area contributed by atoms with E-state index in [-0.39, 0.29) is 30.2 Å². The van der Waals surface area contributed by atoms with E-state index in [9.17, 15) is 9.59 Å². The number of nitrogens with zero attached hydrogens (tertiary/aromatic N) is 1. The minimum Gasteiger partial charge on any atom is -0.352 e. The molecular formula is C23H28Cl2N2O2S. The number of hydrogen-bond donors (Lipinski definition) is 1. The SMILES string of the molecule is Cc1cccc(CSCC(=O)N(Cc2c(Cl)cccc2Cl)C(C)C(=O)NC(C)C)c1. The first-order valence-corrected chi connectivity index (χ1v) is 11.8. The van der Waals surface area contributed by atoms with Crippen molar-refractivity contribution < 1.29 is 9.59 Å². The average molecular weight is 467 g/mol. The van der Waals surface area contributed by atoms with Crippen molar-refractivity contribution in [3.8, 4) is 0 Å². The van der Waals surface area contributed by atoms with Crippen LogP contribution in [0.4, 0.5) is 0 Å². The molecule has 1 N–H and O–H groups in total. The van der Waals surface area contributed by atoms with Crippen LogP contribution in [0, 0.1) is 6.92 Å². The molecule has 0 aliphatic heterocycles. The zero-order valence-corrected chi connectivity index (χ0v) is 20.1. The second-order valence-corrected chi connectivity index (χ2v) is 9.34. The summed E-state index contributed by atoms with van der Waals surface area (Å²) < 4.78 is 0. The molecule has 0 aliphatic rings. The van der Waals surface area contributed by atoms with Crippen LogP contribution < -0.4 is 5.32 Å². The third-order valence-corrected chi connectivity index (χ3v) is 6.26. The zero-order valence-electron chi connectivity index (χ0n) is 17.7. The molecule has 2 rings (SSSR count). The molecule has 1 atom stereocenters. The van der Waals surface area contributed by atoms with Gasteiger partial charge in [-0.15, -0.1) is 11.8 Å². The number of thioether (sulfide) groups is 1. The number of carbonyl (C=O) groups is 2. The van der Waals surface area contributed by atoms with Crippen LogP contribution in [0.2, 0.25) is 10.0 Å². The average Bonchev–Trinajstić information content (AvgIpc) is 2.66. The third-order valence-electron chi connectivity index (χ3n) is 4.57. The summed E-state index contributed by atoms with van der Waals surface area (Å²) in [5, 5.41) is 3.83. The minimum absolute atomic E-state index is 0.0171. The van der Waals surface area contributed by atoms with Crippen molar-refractivity contribution in [1.82, 2.24) is 10.2 Å². The van der Waals surface area contributed by atoms with Crippen LogP contribution in [-0.4, -0.2) is 34.6 Å². The highest BCUT2D eigenvalue weighted by Crippen LogP contribution is 2.27. The highest BCUT2D eigenvalue weighted by molar-refractivity contribution is 7.99. The quantitative estimate of drug-likeness (QED) is 0.532. The van der Waals surface area contributed by atoms with E-state index in [1.165, 1.54) is 22.9 Å². The standard InChI is InChI=1S/C23H28Cl2N2O2S/c1-15(2)26-23(29)17(4)27(12-19-20(24)9-6-10-21(19)25)22(28)14-30-13-18-8-5-7-16(3)11-18/h5-11,15,17H,12-14H2,1-4H3,(H,26,29). The van der Waals surface area contributed by atoms with E-state index >= 15 is 0 Å². The van der Waals surface area contributed by atoms with E-state index in [1.54, 1.807) is 30.0 Å². The lowest BCUT2D eigenvalue weighted by molar-refractivity contribution is -0.138. The fourth-order valence-electron chi connectivity index (χ4n) is 2.98. The Hall–Kier alpha value is -1.69. The lowest BCUT2D eigenvalue weighted by Crippen LogP contribution is -2.49. The van der Waals surface area contributed by atoms with Gasteiger partial charge in [0.05, 0.1) is 5.75 Å². The summed E-state index contributed by atoms with van der Waals surface area (Å²) in [4.78, 5) is 27.3. The first kappa shape index (κ1) is 24.6. The Balaban J connectivity index is 2.14. The topological polar surface area (TPSA) is 49.4 Å². The molecule has 1 unspecified atom stereocenters. The molecule has 2 aromatic carbocycles. The molecular weight excluding hydrogens is 439 g/mol. The van der Waals surface area contributed by atoms with Gasteiger partial charge in [-0.05, 0) is 45.4 Å². The maximum Gasteiger partial charge on any atom is 0.242 e. The number of amides is 2. The molecule has 162 valence electrons. The van der Waals surface area contributed by atoms with Gasteiger partial charge in [-0.3, -0.25) is 9.59 Å². The van der Waals surface area contributed by atoms with Gasteiger partial charge in [-0.25, -0.2) is 0 Å². The van der Waals surface area contributed by atoms with Crippen molar-refractivity contribution in [2.45, 2.75) is 52.1 Å². The highest BCUT2D eigenvalue weighted by atomic mass is 35.5. The van der Waals surface area contributed by atoms with E-state index in [1.807, 2.05) is 39.0 Å². The van der Waals surface area contributed by atoms with E-state index < -0.39 is 6.04 Å². The molecule has 0 radical (unpaired) electrons. The number of nitrogens with one attached hydrogen (secondary N) is 1. The van der Waals surface area contributed by atoms with Crippen LogP contribution in [0.1, 0.15) is 37.5 Å². The molecule has 2 amide bonds. The van der Waals surface area contributed by atoms with Gasteiger partial charge in [0.2, 0.25) is 11.8 Å². The second kappa shape index (κ2) is 11.6. The Morgan fingerprint density at radius 1 is 1.07 bits per heavy atom. The van der Waals surface area contributed by atoms with Crippen molar-refractivity contribution in [2.75, 3.05) is 5.75 Å². The Bertz CT molecular complexity index is 869. The number of carbonyl (C=O) groups excluding carboxylic acids is 2. The van der Waals surface area contributed by atoms with Crippen molar-refractivity contribution in [2.24, 2.45) is 0 Å². The van der Waals surface area contributed by atoms with Gasteiger partial charge in [0.25, 0.3) is 0 Å². The molecule has 4 nitrogen and oxygen atoms in total. The Morgan fingerprint density at radius 3 is 2.30 bits per heavy atom. The molecule has 7 heteroatoms. The summed E-state index contributed by atoms with van der Waals surface area (Å²) >= 11 is 14.2.